The van der Waals surface area contributed by atoms with E-state index in [-0.39, 0.29) is 5.56 Å². The topological polar surface area (TPSA) is 102 Å². The van der Waals surface area contributed by atoms with Crippen molar-refractivity contribution in [1.29, 1.82) is 0 Å². The molecule has 1 aromatic rings. The zero-order chi connectivity index (χ0) is 14.6. The van der Waals surface area contributed by atoms with E-state index in [0.29, 0.717) is 23.9 Å². The van der Waals surface area contributed by atoms with Crippen molar-refractivity contribution in [2.45, 2.75) is 0 Å². The molecule has 0 bridgehead atoms. The Kier molecular flexibility index (Phi) is 2.96. The summed E-state index contributed by atoms with van der Waals surface area (Å²) in [6, 6.07) is 6.40. The molecule has 19 heavy (non-hydrogen) atoms. The van der Waals surface area contributed by atoms with Crippen molar-refractivity contribution in [3.63, 3.8) is 0 Å². The fraction of sp³-hybridized carbons (Fsp3) is 0. The van der Waals surface area contributed by atoms with Gasteiger partial charge in [0.05, 0.1) is 0 Å². The third-order valence-electron chi connectivity index (χ3n) is 2.39. The maximum atomic E-state index is 12.2. The third-order valence-corrected chi connectivity index (χ3v) is 7.09. The molecule has 1 aromatic carbocycles. The van der Waals surface area contributed by atoms with Crippen molar-refractivity contribution < 1.29 is 37.3 Å². The summed E-state index contributed by atoms with van der Waals surface area (Å²) in [4.78, 5) is 71.1. The van der Waals surface area contributed by atoms with Gasteiger partial charge in [-0.2, -0.15) is 0 Å². The molecule has 0 fully saturated rings. The minimum absolute atomic E-state index is 0.380. The van der Waals surface area contributed by atoms with Gasteiger partial charge in [-0.1, -0.05) is 0 Å². The third kappa shape index (κ3) is 1.38. The summed E-state index contributed by atoms with van der Waals surface area (Å²) >= 11 is 0. The molecule has 7 heteroatoms. The number of benzene rings is 1. The van der Waals surface area contributed by atoms with Crippen LogP contribution in [0.1, 0.15) is 10.4 Å². The van der Waals surface area contributed by atoms with Crippen molar-refractivity contribution in [3.8, 4) is 0 Å². The van der Waals surface area contributed by atoms with Crippen LogP contribution < -0.4 is 0 Å². The molecule has 0 spiro atoms. The van der Waals surface area contributed by atoms with Crippen molar-refractivity contribution in [2.75, 3.05) is 0 Å². The molecule has 1 rings (SSSR count). The van der Waals surface area contributed by atoms with E-state index in [4.69, 9.17) is 0 Å². The Hall–Kier alpha value is -2.69. The predicted octanol–water partition coefficient (Wildman–Crippen LogP) is -0.612. The van der Waals surface area contributed by atoms with Crippen LogP contribution in [0.5, 0.6) is 0 Å². The molecule has 0 saturated heterocycles. The summed E-state index contributed by atoms with van der Waals surface area (Å²) in [5.41, 5.74) is -0.380. The molecule has 0 aliphatic rings. The number of carbonyl (C=O) groups is 1. The van der Waals surface area contributed by atoms with Crippen LogP contribution in [0.15, 0.2) is 30.3 Å². The maximum absolute atomic E-state index is 12.2. The van der Waals surface area contributed by atoms with Gasteiger partial charge in [-0.15, -0.1) is 0 Å². The fourth-order valence-electron chi connectivity index (χ4n) is 1.17. The van der Waals surface area contributed by atoms with E-state index in [1.54, 1.807) is 0 Å². The van der Waals surface area contributed by atoms with Gasteiger partial charge in [0.15, 0.2) is 0 Å². The molecular formula is C12H5MnO6. The summed E-state index contributed by atoms with van der Waals surface area (Å²) in [5, 5.41) is 0. The Balaban J connectivity index is 4.72. The first-order chi connectivity index (χ1) is 8.94. The Bertz CT molecular complexity index is 1040. The van der Waals surface area contributed by atoms with Gasteiger partial charge in [-0.05, 0) is 0 Å². The zero-order valence-electron chi connectivity index (χ0n) is 9.21. The second-order valence-electron chi connectivity index (χ2n) is 3.44. The monoisotopic (exact) mass is 300 g/mol. The fourth-order valence-corrected chi connectivity index (χ4v) is 3.26. The van der Waals surface area contributed by atoms with Crippen LogP contribution in [0, 0.1) is 0 Å². The van der Waals surface area contributed by atoms with Crippen LogP contribution in [-0.2, 0) is 32.5 Å². The van der Waals surface area contributed by atoms with E-state index in [1.807, 2.05) is 0 Å². The van der Waals surface area contributed by atoms with Crippen LogP contribution in [-0.4, -0.2) is 28.6 Å². The number of hydrogen-bond donors (Lipinski definition) is 0. The molecule has 0 aliphatic carbocycles. The van der Waals surface area contributed by atoms with Crippen LogP contribution in [0.4, 0.5) is 0 Å². The van der Waals surface area contributed by atoms with Crippen LogP contribution in [0.25, 0.3) is 0 Å². The van der Waals surface area contributed by atoms with Crippen LogP contribution in [0.3, 0.4) is 0 Å². The van der Waals surface area contributed by atoms with Gasteiger partial charge in [0, 0.05) is 0 Å². The Morgan fingerprint density at radius 3 is 1.42 bits per heavy atom. The molecule has 0 unspecified atom stereocenters. The first-order valence-corrected chi connectivity index (χ1v) is 8.06. The van der Waals surface area contributed by atoms with E-state index in [2.05, 4.69) is 0 Å². The summed E-state index contributed by atoms with van der Waals surface area (Å²) in [5.74, 6) is 0. The summed E-state index contributed by atoms with van der Waals surface area (Å²) in [6.45, 7) is 0. The SMILES string of the molecule is O=[C]=[Mn](=[C]=O)(=[C]=O)(=[C]=O)(=[C]=O)[C](=O)c1ccccc1. The average Bonchev–Trinajstić information content (AvgIpc) is 2.53. The molecular weight excluding hydrogens is 295 g/mol. The predicted molar refractivity (Wildman–Crippen MR) is 59.2 cm³/mol. The first kappa shape index (κ1) is 14.4. The van der Waals surface area contributed by atoms with E-state index >= 15 is 0 Å². The second kappa shape index (κ2) is 3.91. The molecule has 6 nitrogen and oxygen atoms in total. The average molecular weight is 300 g/mol. The van der Waals surface area contributed by atoms with Gasteiger partial charge in [0.25, 0.3) is 0 Å². The molecule has 0 atom stereocenters. The molecule has 0 saturated carbocycles. The Labute approximate surface area is 102 Å². The van der Waals surface area contributed by atoms with Crippen molar-refractivity contribution in [3.05, 3.63) is 35.9 Å². The van der Waals surface area contributed by atoms with E-state index in [1.165, 1.54) is 18.2 Å². The van der Waals surface area contributed by atoms with Gasteiger partial charge in [0.1, 0.15) is 0 Å². The minimum atomic E-state index is -7.25. The first-order valence-electron chi connectivity index (χ1n) is 4.52. The summed E-state index contributed by atoms with van der Waals surface area (Å²) in [6.07, 6.45) is 0. The normalized spacial score (nSPS) is 11.4. The molecule has 96 valence electrons. The Morgan fingerprint density at radius 1 is 0.737 bits per heavy atom. The van der Waals surface area contributed by atoms with E-state index in [0.717, 1.165) is 12.1 Å². The van der Waals surface area contributed by atoms with Gasteiger partial charge < -0.3 is 0 Å². The van der Waals surface area contributed by atoms with E-state index in [9.17, 15) is 28.8 Å². The second-order valence-corrected chi connectivity index (χ2v) is 9.61. The standard InChI is InChI=1S/C7H5O.5CO.Mn/c8-6-7-4-2-1-3-5-7;5*1-2;/h1-5H;;;;;;. The van der Waals surface area contributed by atoms with Crippen molar-refractivity contribution in [2.24, 2.45) is 0 Å². The zero-order valence-corrected chi connectivity index (χ0v) is 10.4. The number of rotatable bonds is 2. The summed E-state index contributed by atoms with van der Waals surface area (Å²) < 4.78 is -1.62. The van der Waals surface area contributed by atoms with Gasteiger partial charge in [-0.25, -0.2) is 0 Å². The quantitative estimate of drug-likeness (QED) is 0.675. The van der Waals surface area contributed by atoms with Gasteiger partial charge >= 0.3 is 102 Å². The molecule has 0 aliphatic heterocycles. The van der Waals surface area contributed by atoms with Crippen molar-refractivity contribution in [1.82, 2.24) is 0 Å². The number of carbonyl (C=O) groups excluding carboxylic acids is 6. The Morgan fingerprint density at radius 2 is 1.11 bits per heavy atom. The summed E-state index contributed by atoms with van der Waals surface area (Å²) in [7, 11) is -7.25. The molecule has 0 heterocycles. The molecule has 0 aromatic heterocycles. The van der Waals surface area contributed by atoms with E-state index < -0.39 is 13.2 Å². The van der Waals surface area contributed by atoms with Crippen molar-refractivity contribution >= 4 is 28.6 Å². The van der Waals surface area contributed by atoms with Gasteiger partial charge in [0.2, 0.25) is 0 Å². The molecule has 0 amide bonds. The molecule has 0 N–H and O–H groups in total. The van der Waals surface area contributed by atoms with Gasteiger partial charge in [-0.3, -0.25) is 0 Å². The number of hydrogen-bond acceptors (Lipinski definition) is 6. The van der Waals surface area contributed by atoms with Crippen LogP contribution >= 0.6 is 0 Å². The molecule has 0 radical (unpaired) electrons. The van der Waals surface area contributed by atoms with Crippen LogP contribution in [0.2, 0.25) is 0 Å².